The number of carboxylic acid groups (broad SMARTS) is 1. The van der Waals surface area contributed by atoms with E-state index >= 15 is 0 Å². The summed E-state index contributed by atoms with van der Waals surface area (Å²) in [4.78, 5) is 10.9. The Balaban J connectivity index is 3.51. The summed E-state index contributed by atoms with van der Waals surface area (Å²) in [6.07, 6.45) is 0. The summed E-state index contributed by atoms with van der Waals surface area (Å²) in [7, 11) is 2.83. The van der Waals surface area contributed by atoms with Crippen LogP contribution in [-0.4, -0.2) is 25.3 Å². The average Bonchev–Trinajstić information content (AvgIpc) is 2.17. The Morgan fingerprint density at radius 3 is 2.27 bits per heavy atom. The Morgan fingerprint density at radius 2 is 1.87 bits per heavy atom. The van der Waals surface area contributed by atoms with Crippen molar-refractivity contribution in [2.75, 3.05) is 14.2 Å². The van der Waals surface area contributed by atoms with E-state index in [1.165, 1.54) is 20.3 Å². The molecule has 0 aliphatic carbocycles. The zero-order valence-electron chi connectivity index (χ0n) is 8.63. The van der Waals surface area contributed by atoms with E-state index in [1.807, 2.05) is 0 Å². The largest absolute Gasteiger partial charge is 0.495 e. The normalized spacial score (nSPS) is 9.87. The van der Waals surface area contributed by atoms with Crippen LogP contribution in [0.25, 0.3) is 0 Å². The fourth-order valence-corrected chi connectivity index (χ4v) is 1.76. The summed E-state index contributed by atoms with van der Waals surface area (Å²) in [5.41, 5.74) is 0.682. The molecule has 0 heterocycles. The molecular formula is C10H11ClO4. The first-order valence-electron chi connectivity index (χ1n) is 4.17. The summed E-state index contributed by atoms with van der Waals surface area (Å²) in [5, 5.41) is 9.11. The van der Waals surface area contributed by atoms with E-state index in [2.05, 4.69) is 0 Å². The Hall–Kier alpha value is -1.42. The smallest absolute Gasteiger partial charge is 0.339 e. The fraction of sp³-hybridized carbons (Fsp3) is 0.300. The SMILES string of the molecule is COc1c(C)cc(C(=O)O)c(OC)c1Cl. The molecule has 0 saturated carbocycles. The molecule has 0 aliphatic heterocycles. The molecule has 1 aromatic rings. The van der Waals surface area contributed by atoms with Gasteiger partial charge in [-0.3, -0.25) is 0 Å². The fourth-order valence-electron chi connectivity index (χ4n) is 1.35. The van der Waals surface area contributed by atoms with E-state index in [4.69, 9.17) is 26.2 Å². The van der Waals surface area contributed by atoms with E-state index in [0.717, 1.165) is 0 Å². The Morgan fingerprint density at radius 1 is 1.33 bits per heavy atom. The van der Waals surface area contributed by atoms with E-state index in [-0.39, 0.29) is 16.3 Å². The van der Waals surface area contributed by atoms with E-state index in [1.54, 1.807) is 6.92 Å². The summed E-state index contributed by atoms with van der Waals surface area (Å²) in [6, 6.07) is 1.46. The Bertz CT molecular complexity index is 401. The van der Waals surface area contributed by atoms with Crippen molar-refractivity contribution in [2.24, 2.45) is 0 Å². The molecule has 0 unspecified atom stereocenters. The number of halogens is 1. The van der Waals surface area contributed by atoms with Gasteiger partial charge in [-0.15, -0.1) is 0 Å². The quantitative estimate of drug-likeness (QED) is 0.866. The number of benzene rings is 1. The van der Waals surface area contributed by atoms with Crippen molar-refractivity contribution in [3.63, 3.8) is 0 Å². The number of ether oxygens (including phenoxy) is 2. The number of carbonyl (C=O) groups is 1. The molecule has 0 amide bonds. The van der Waals surface area contributed by atoms with Gasteiger partial charge in [0.05, 0.1) is 14.2 Å². The van der Waals surface area contributed by atoms with Crippen LogP contribution < -0.4 is 9.47 Å². The molecule has 15 heavy (non-hydrogen) atoms. The molecule has 1 rings (SSSR count). The second kappa shape index (κ2) is 4.40. The van der Waals surface area contributed by atoms with Crippen LogP contribution in [0.5, 0.6) is 11.5 Å². The van der Waals surface area contributed by atoms with Crippen LogP contribution >= 0.6 is 11.6 Å². The average molecular weight is 231 g/mol. The second-order valence-electron chi connectivity index (χ2n) is 2.93. The van der Waals surface area contributed by atoms with E-state index in [0.29, 0.717) is 11.3 Å². The highest BCUT2D eigenvalue weighted by Crippen LogP contribution is 2.39. The highest BCUT2D eigenvalue weighted by Gasteiger charge is 2.20. The maximum absolute atomic E-state index is 10.9. The second-order valence-corrected chi connectivity index (χ2v) is 3.30. The van der Waals surface area contributed by atoms with Crippen molar-refractivity contribution in [1.29, 1.82) is 0 Å². The van der Waals surface area contributed by atoms with Crippen molar-refractivity contribution >= 4 is 17.6 Å². The van der Waals surface area contributed by atoms with Gasteiger partial charge in [-0.05, 0) is 18.6 Å². The van der Waals surface area contributed by atoms with Gasteiger partial charge in [0.15, 0.2) is 5.75 Å². The van der Waals surface area contributed by atoms with Gasteiger partial charge in [-0.25, -0.2) is 4.79 Å². The lowest BCUT2D eigenvalue weighted by molar-refractivity contribution is 0.0693. The molecule has 1 aromatic carbocycles. The highest BCUT2D eigenvalue weighted by atomic mass is 35.5. The lowest BCUT2D eigenvalue weighted by atomic mass is 10.1. The monoisotopic (exact) mass is 230 g/mol. The first-order chi connectivity index (χ1) is 7.02. The van der Waals surface area contributed by atoms with Crippen LogP contribution in [0.15, 0.2) is 6.07 Å². The lowest BCUT2D eigenvalue weighted by Crippen LogP contribution is -2.03. The summed E-state index contributed by atoms with van der Waals surface area (Å²) in [5.74, 6) is -0.537. The molecule has 0 spiro atoms. The molecule has 1 N–H and O–H groups in total. The van der Waals surface area contributed by atoms with Crippen LogP contribution in [0.4, 0.5) is 0 Å². The van der Waals surface area contributed by atoms with E-state index in [9.17, 15) is 4.79 Å². The van der Waals surface area contributed by atoms with Gasteiger partial charge in [0.2, 0.25) is 0 Å². The molecule has 4 nitrogen and oxygen atoms in total. The maximum atomic E-state index is 10.9. The number of aromatic carboxylic acids is 1. The third-order valence-electron chi connectivity index (χ3n) is 2.00. The molecule has 82 valence electrons. The minimum absolute atomic E-state index is 0.0285. The number of aryl methyl sites for hydroxylation is 1. The molecule has 0 fully saturated rings. The molecular weight excluding hydrogens is 220 g/mol. The third kappa shape index (κ3) is 1.99. The highest BCUT2D eigenvalue weighted by molar-refractivity contribution is 6.34. The van der Waals surface area contributed by atoms with Gasteiger partial charge in [0, 0.05) is 0 Å². The van der Waals surface area contributed by atoms with Crippen LogP contribution in [0, 0.1) is 6.92 Å². The molecule has 5 heteroatoms. The van der Waals surface area contributed by atoms with Gasteiger partial charge in [-0.1, -0.05) is 11.6 Å². The summed E-state index contributed by atoms with van der Waals surface area (Å²) >= 11 is 5.95. The summed E-state index contributed by atoms with van der Waals surface area (Å²) in [6.45, 7) is 1.72. The van der Waals surface area contributed by atoms with E-state index < -0.39 is 5.97 Å². The molecule has 0 saturated heterocycles. The van der Waals surface area contributed by atoms with Gasteiger partial charge in [0.25, 0.3) is 0 Å². The van der Waals surface area contributed by atoms with Crippen LogP contribution in [0.2, 0.25) is 5.02 Å². The topological polar surface area (TPSA) is 55.8 Å². The number of rotatable bonds is 3. The summed E-state index contributed by atoms with van der Waals surface area (Å²) < 4.78 is 9.99. The van der Waals surface area contributed by atoms with Crippen LogP contribution in [0.1, 0.15) is 15.9 Å². The van der Waals surface area contributed by atoms with Crippen molar-refractivity contribution in [1.82, 2.24) is 0 Å². The van der Waals surface area contributed by atoms with Gasteiger partial charge < -0.3 is 14.6 Å². The van der Waals surface area contributed by atoms with Crippen molar-refractivity contribution in [3.8, 4) is 11.5 Å². The van der Waals surface area contributed by atoms with Gasteiger partial charge in [-0.2, -0.15) is 0 Å². The van der Waals surface area contributed by atoms with Crippen molar-refractivity contribution in [2.45, 2.75) is 6.92 Å². The predicted molar refractivity (Wildman–Crippen MR) is 56.3 cm³/mol. The minimum Gasteiger partial charge on any atom is -0.495 e. The molecule has 0 aliphatic rings. The number of carboxylic acids is 1. The third-order valence-corrected chi connectivity index (χ3v) is 2.34. The molecule has 0 radical (unpaired) electrons. The van der Waals surface area contributed by atoms with Crippen LogP contribution in [-0.2, 0) is 0 Å². The molecule has 0 bridgehead atoms. The lowest BCUT2D eigenvalue weighted by Gasteiger charge is -2.13. The number of methoxy groups -OCH3 is 2. The van der Waals surface area contributed by atoms with Crippen molar-refractivity contribution in [3.05, 3.63) is 22.2 Å². The maximum Gasteiger partial charge on any atom is 0.339 e. The Kier molecular flexibility index (Phi) is 3.42. The van der Waals surface area contributed by atoms with Crippen molar-refractivity contribution < 1.29 is 19.4 Å². The first-order valence-corrected chi connectivity index (χ1v) is 4.55. The first kappa shape index (κ1) is 11.7. The standard InChI is InChI=1S/C10H11ClO4/c1-5-4-6(10(12)13)9(15-3)7(11)8(5)14-2/h4H,1-3H3,(H,12,13). The molecule has 0 atom stereocenters. The zero-order chi connectivity index (χ0) is 11.6. The minimum atomic E-state index is -1.08. The van der Waals surface area contributed by atoms with Gasteiger partial charge >= 0.3 is 5.97 Å². The van der Waals surface area contributed by atoms with Gasteiger partial charge in [0.1, 0.15) is 16.3 Å². The number of hydrogen-bond donors (Lipinski definition) is 1. The predicted octanol–water partition coefficient (Wildman–Crippen LogP) is 2.36. The molecule has 0 aromatic heterocycles. The zero-order valence-corrected chi connectivity index (χ0v) is 9.38. The number of hydrogen-bond acceptors (Lipinski definition) is 3. The van der Waals surface area contributed by atoms with Crippen LogP contribution in [0.3, 0.4) is 0 Å². The Labute approximate surface area is 92.4 Å².